The van der Waals surface area contributed by atoms with Crippen molar-refractivity contribution in [3.8, 4) is 5.75 Å². The fourth-order valence-electron chi connectivity index (χ4n) is 3.50. The van der Waals surface area contributed by atoms with Crippen LogP contribution in [0.2, 0.25) is 0 Å². The summed E-state index contributed by atoms with van der Waals surface area (Å²) in [6.07, 6.45) is 6.79. The van der Waals surface area contributed by atoms with Crippen LogP contribution in [0.4, 0.5) is 5.82 Å². The zero-order valence-electron chi connectivity index (χ0n) is 14.6. The SMILES string of the molecule is CNc1ncccc1C(=O)N1CCCC[C@@H]1CCc1ccc(O)cc1. The van der Waals surface area contributed by atoms with E-state index in [0.29, 0.717) is 11.4 Å². The third kappa shape index (κ3) is 4.10. The Kier molecular flexibility index (Phi) is 5.53. The maximum Gasteiger partial charge on any atom is 0.257 e. The zero-order valence-corrected chi connectivity index (χ0v) is 14.6. The van der Waals surface area contributed by atoms with Crippen molar-refractivity contribution in [2.75, 3.05) is 18.9 Å². The second kappa shape index (κ2) is 8.01. The summed E-state index contributed by atoms with van der Waals surface area (Å²) < 4.78 is 0. The van der Waals surface area contributed by atoms with Crippen molar-refractivity contribution in [2.24, 2.45) is 0 Å². The average molecular weight is 339 g/mol. The second-order valence-electron chi connectivity index (χ2n) is 6.50. The van der Waals surface area contributed by atoms with E-state index in [9.17, 15) is 9.90 Å². The molecule has 1 aromatic carbocycles. The van der Waals surface area contributed by atoms with E-state index in [1.807, 2.05) is 29.2 Å². The number of amides is 1. The number of anilines is 1. The Bertz CT molecular complexity index is 715. The highest BCUT2D eigenvalue weighted by atomic mass is 16.3. The van der Waals surface area contributed by atoms with Gasteiger partial charge in [0.1, 0.15) is 11.6 Å². The van der Waals surface area contributed by atoms with E-state index in [2.05, 4.69) is 10.3 Å². The number of phenolic OH excluding ortho intramolecular Hbond substituents is 1. The Morgan fingerprint density at radius 3 is 2.84 bits per heavy atom. The normalized spacial score (nSPS) is 17.3. The molecule has 0 radical (unpaired) electrons. The number of benzene rings is 1. The number of pyridine rings is 1. The van der Waals surface area contributed by atoms with Gasteiger partial charge in [0.2, 0.25) is 0 Å². The molecule has 0 spiro atoms. The number of aromatic nitrogens is 1. The van der Waals surface area contributed by atoms with Gasteiger partial charge >= 0.3 is 0 Å². The molecule has 2 heterocycles. The molecular weight excluding hydrogens is 314 g/mol. The summed E-state index contributed by atoms with van der Waals surface area (Å²) in [4.78, 5) is 19.3. The molecule has 1 aliphatic heterocycles. The van der Waals surface area contributed by atoms with E-state index in [4.69, 9.17) is 0 Å². The number of phenols is 1. The van der Waals surface area contributed by atoms with Crippen molar-refractivity contribution in [1.82, 2.24) is 9.88 Å². The Balaban J connectivity index is 1.71. The van der Waals surface area contributed by atoms with E-state index in [0.717, 1.165) is 38.6 Å². The van der Waals surface area contributed by atoms with Crippen LogP contribution in [0, 0.1) is 0 Å². The summed E-state index contributed by atoms with van der Waals surface area (Å²) in [7, 11) is 1.79. The molecule has 132 valence electrons. The monoisotopic (exact) mass is 339 g/mol. The Morgan fingerprint density at radius 1 is 1.28 bits per heavy atom. The van der Waals surface area contributed by atoms with Crippen LogP contribution in [0.5, 0.6) is 5.75 Å². The summed E-state index contributed by atoms with van der Waals surface area (Å²) in [5.74, 6) is 0.984. The topological polar surface area (TPSA) is 65.5 Å². The highest BCUT2D eigenvalue weighted by molar-refractivity contribution is 5.98. The number of likely N-dealkylation sites (tertiary alicyclic amines) is 1. The van der Waals surface area contributed by atoms with Gasteiger partial charge in [-0.15, -0.1) is 0 Å². The summed E-state index contributed by atoms with van der Waals surface area (Å²) >= 11 is 0. The zero-order chi connectivity index (χ0) is 17.6. The van der Waals surface area contributed by atoms with E-state index in [-0.39, 0.29) is 17.7 Å². The average Bonchev–Trinajstić information content (AvgIpc) is 2.67. The van der Waals surface area contributed by atoms with Crippen LogP contribution in [0.15, 0.2) is 42.6 Å². The molecule has 1 amide bonds. The molecule has 0 bridgehead atoms. The Morgan fingerprint density at radius 2 is 2.08 bits per heavy atom. The van der Waals surface area contributed by atoms with E-state index in [1.54, 1.807) is 25.4 Å². The third-order valence-electron chi connectivity index (χ3n) is 4.87. The molecule has 0 saturated carbocycles. The number of carbonyl (C=O) groups is 1. The first-order valence-corrected chi connectivity index (χ1v) is 8.90. The predicted octanol–water partition coefficient (Wildman–Crippen LogP) is 3.46. The molecule has 2 aromatic rings. The predicted molar refractivity (Wildman–Crippen MR) is 98.9 cm³/mol. The fourth-order valence-corrected chi connectivity index (χ4v) is 3.50. The van der Waals surface area contributed by atoms with Gasteiger partial charge in [-0.2, -0.15) is 0 Å². The van der Waals surface area contributed by atoms with Crippen molar-refractivity contribution in [1.29, 1.82) is 0 Å². The Labute approximate surface area is 148 Å². The van der Waals surface area contributed by atoms with E-state index >= 15 is 0 Å². The van der Waals surface area contributed by atoms with Crippen molar-refractivity contribution in [3.05, 3.63) is 53.7 Å². The number of rotatable bonds is 5. The van der Waals surface area contributed by atoms with Crippen LogP contribution in [0.3, 0.4) is 0 Å². The van der Waals surface area contributed by atoms with Gasteiger partial charge in [-0.05, 0) is 61.9 Å². The van der Waals surface area contributed by atoms with Crippen LogP contribution < -0.4 is 5.32 Å². The molecule has 5 heteroatoms. The maximum atomic E-state index is 13.1. The maximum absolute atomic E-state index is 13.1. The van der Waals surface area contributed by atoms with Gasteiger partial charge in [-0.1, -0.05) is 12.1 Å². The number of hydrogen-bond acceptors (Lipinski definition) is 4. The number of piperidine rings is 1. The smallest absolute Gasteiger partial charge is 0.257 e. The molecule has 2 N–H and O–H groups in total. The van der Waals surface area contributed by atoms with Gasteiger partial charge in [0.25, 0.3) is 5.91 Å². The quantitative estimate of drug-likeness (QED) is 0.875. The fraction of sp³-hybridized carbons (Fsp3) is 0.400. The lowest BCUT2D eigenvalue weighted by Crippen LogP contribution is -2.44. The standard InChI is InChI=1S/C20H25N3O2/c1-21-19-18(6-4-13-22-19)20(25)23-14-3-2-5-16(23)10-7-15-8-11-17(24)12-9-15/h4,6,8-9,11-13,16,24H,2-3,5,7,10,14H2,1H3,(H,21,22)/t16-/m1/s1. The van der Waals surface area contributed by atoms with Crippen molar-refractivity contribution in [3.63, 3.8) is 0 Å². The van der Waals surface area contributed by atoms with E-state index < -0.39 is 0 Å². The highest BCUT2D eigenvalue weighted by Crippen LogP contribution is 2.25. The van der Waals surface area contributed by atoms with Crippen molar-refractivity contribution < 1.29 is 9.90 Å². The van der Waals surface area contributed by atoms with Crippen LogP contribution in [0.1, 0.15) is 41.6 Å². The minimum Gasteiger partial charge on any atom is -0.508 e. The van der Waals surface area contributed by atoms with E-state index in [1.165, 1.54) is 5.56 Å². The molecule has 25 heavy (non-hydrogen) atoms. The Hall–Kier alpha value is -2.56. The lowest BCUT2D eigenvalue weighted by atomic mass is 9.95. The van der Waals surface area contributed by atoms with Gasteiger partial charge in [-0.25, -0.2) is 4.98 Å². The summed E-state index contributed by atoms with van der Waals surface area (Å²) in [5, 5.41) is 12.4. The van der Waals surface area contributed by atoms with Crippen LogP contribution in [0.25, 0.3) is 0 Å². The summed E-state index contributed by atoms with van der Waals surface area (Å²) in [6.45, 7) is 0.803. The summed E-state index contributed by atoms with van der Waals surface area (Å²) in [5.41, 5.74) is 1.83. The third-order valence-corrected chi connectivity index (χ3v) is 4.87. The molecule has 0 aliphatic carbocycles. The highest BCUT2D eigenvalue weighted by Gasteiger charge is 2.28. The van der Waals surface area contributed by atoms with Gasteiger partial charge in [0, 0.05) is 25.8 Å². The van der Waals surface area contributed by atoms with Gasteiger partial charge in [0.05, 0.1) is 5.56 Å². The number of carbonyl (C=O) groups excluding carboxylic acids is 1. The van der Waals surface area contributed by atoms with Crippen LogP contribution in [-0.4, -0.2) is 40.5 Å². The van der Waals surface area contributed by atoms with Gasteiger partial charge in [0.15, 0.2) is 0 Å². The number of aryl methyl sites for hydroxylation is 1. The van der Waals surface area contributed by atoms with Crippen LogP contribution >= 0.6 is 0 Å². The van der Waals surface area contributed by atoms with Crippen molar-refractivity contribution in [2.45, 2.75) is 38.1 Å². The molecule has 3 rings (SSSR count). The number of nitrogens with one attached hydrogen (secondary N) is 1. The number of hydrogen-bond donors (Lipinski definition) is 2. The lowest BCUT2D eigenvalue weighted by molar-refractivity contribution is 0.0602. The van der Waals surface area contributed by atoms with Gasteiger partial charge < -0.3 is 15.3 Å². The molecule has 1 saturated heterocycles. The second-order valence-corrected chi connectivity index (χ2v) is 6.50. The molecular formula is C20H25N3O2. The first-order valence-electron chi connectivity index (χ1n) is 8.90. The molecule has 0 unspecified atom stereocenters. The first kappa shape index (κ1) is 17.3. The number of nitrogens with zero attached hydrogens (tertiary/aromatic N) is 2. The lowest BCUT2D eigenvalue weighted by Gasteiger charge is -2.36. The minimum atomic E-state index is 0.0628. The van der Waals surface area contributed by atoms with Crippen LogP contribution in [-0.2, 0) is 6.42 Å². The molecule has 5 nitrogen and oxygen atoms in total. The number of aromatic hydroxyl groups is 1. The van der Waals surface area contributed by atoms with Gasteiger partial charge in [-0.3, -0.25) is 4.79 Å². The molecule has 1 atom stereocenters. The van der Waals surface area contributed by atoms with Crippen molar-refractivity contribution >= 4 is 11.7 Å². The summed E-state index contributed by atoms with van der Waals surface area (Å²) in [6, 6.07) is 11.2. The molecule has 1 aromatic heterocycles. The molecule has 1 fully saturated rings. The molecule has 1 aliphatic rings. The minimum absolute atomic E-state index is 0.0628. The first-order chi connectivity index (χ1) is 12.2. The largest absolute Gasteiger partial charge is 0.508 e.